The molecule has 0 unspecified atom stereocenters. The van der Waals surface area contributed by atoms with Gasteiger partial charge in [0, 0.05) is 22.7 Å². The highest BCUT2D eigenvalue weighted by Gasteiger charge is 1.95. The lowest BCUT2D eigenvalue weighted by Gasteiger charge is -1.93. The predicted molar refractivity (Wildman–Crippen MR) is 47.9 cm³/mol. The van der Waals surface area contributed by atoms with E-state index in [1.807, 2.05) is 18.5 Å². The molecule has 0 spiro atoms. The molecule has 0 amide bonds. The second-order valence-corrected chi connectivity index (χ2v) is 3.17. The first kappa shape index (κ1) is 6.73. The van der Waals surface area contributed by atoms with Gasteiger partial charge in [0.1, 0.15) is 5.65 Å². The highest BCUT2D eigenvalue weighted by Crippen LogP contribution is 2.18. The summed E-state index contributed by atoms with van der Waals surface area (Å²) in [5, 5.41) is 1.18. The number of hydrogen-bond acceptors (Lipinski definition) is 2. The number of thioether (sulfide) groups is 1. The first-order valence-corrected chi connectivity index (χ1v) is 4.60. The van der Waals surface area contributed by atoms with Crippen molar-refractivity contribution in [1.29, 1.82) is 0 Å². The molecule has 0 bridgehead atoms. The summed E-state index contributed by atoms with van der Waals surface area (Å²) in [4.78, 5) is 8.49. The number of hydrogen-bond donors (Lipinski definition) is 1. The van der Waals surface area contributed by atoms with Gasteiger partial charge in [-0.3, -0.25) is 0 Å². The molecule has 0 saturated heterocycles. The Hall–Kier alpha value is -0.960. The van der Waals surface area contributed by atoms with Crippen molar-refractivity contribution in [3.63, 3.8) is 0 Å². The van der Waals surface area contributed by atoms with Gasteiger partial charge in [0.15, 0.2) is 0 Å². The Kier molecular flexibility index (Phi) is 1.58. The third-order valence-corrected chi connectivity index (χ3v) is 2.31. The van der Waals surface area contributed by atoms with Gasteiger partial charge in [-0.25, -0.2) is 4.98 Å². The maximum absolute atomic E-state index is 4.24. The molecule has 2 rings (SSSR count). The number of rotatable bonds is 1. The first-order chi connectivity index (χ1) is 5.40. The normalized spacial score (nSPS) is 10.6. The number of pyridine rings is 1. The van der Waals surface area contributed by atoms with Crippen molar-refractivity contribution in [1.82, 2.24) is 9.97 Å². The van der Waals surface area contributed by atoms with Gasteiger partial charge in [-0.05, 0) is 18.4 Å². The molecule has 56 valence electrons. The summed E-state index contributed by atoms with van der Waals surface area (Å²) in [5.74, 6) is 0. The molecule has 0 radical (unpaired) electrons. The summed E-state index contributed by atoms with van der Waals surface area (Å²) < 4.78 is 0. The van der Waals surface area contributed by atoms with Crippen molar-refractivity contribution in [3.8, 4) is 0 Å². The van der Waals surface area contributed by atoms with E-state index in [1.165, 1.54) is 10.3 Å². The third-order valence-electron chi connectivity index (χ3n) is 1.61. The van der Waals surface area contributed by atoms with Crippen LogP contribution < -0.4 is 0 Å². The summed E-state index contributed by atoms with van der Waals surface area (Å²) in [5.41, 5.74) is 0.961. The molecule has 0 saturated carbocycles. The Labute approximate surface area is 69.0 Å². The molecule has 0 aromatic carbocycles. The van der Waals surface area contributed by atoms with Crippen LogP contribution in [0.1, 0.15) is 0 Å². The second-order valence-electron chi connectivity index (χ2n) is 2.29. The van der Waals surface area contributed by atoms with Crippen LogP contribution in [0.25, 0.3) is 11.0 Å². The second kappa shape index (κ2) is 2.58. The summed E-state index contributed by atoms with van der Waals surface area (Å²) in [6.45, 7) is 0. The molecule has 2 nitrogen and oxygen atoms in total. The minimum Gasteiger partial charge on any atom is -0.346 e. The van der Waals surface area contributed by atoms with Gasteiger partial charge in [-0.15, -0.1) is 11.8 Å². The number of fused-ring (bicyclic) bond motifs is 1. The van der Waals surface area contributed by atoms with E-state index in [9.17, 15) is 0 Å². The number of nitrogens with one attached hydrogen (secondary N) is 1. The number of nitrogens with zero attached hydrogens (tertiary/aromatic N) is 1. The van der Waals surface area contributed by atoms with E-state index in [0.29, 0.717) is 0 Å². The standard InChI is InChI=1S/C8H8N2S/c1-11-7-4-6-2-3-9-8(6)10-5-7/h2-5H,1H3,(H,9,10). The average Bonchev–Trinajstić information content (AvgIpc) is 2.50. The highest BCUT2D eigenvalue weighted by atomic mass is 32.2. The number of aromatic nitrogens is 2. The van der Waals surface area contributed by atoms with Crippen LogP contribution in [0.3, 0.4) is 0 Å². The molecule has 0 aliphatic heterocycles. The number of aromatic amines is 1. The predicted octanol–water partition coefficient (Wildman–Crippen LogP) is 2.28. The molecule has 3 heteroatoms. The van der Waals surface area contributed by atoms with Gasteiger partial charge >= 0.3 is 0 Å². The summed E-state index contributed by atoms with van der Waals surface area (Å²) in [6.07, 6.45) is 5.83. The molecular weight excluding hydrogens is 156 g/mol. The fourth-order valence-electron chi connectivity index (χ4n) is 1.03. The molecule has 0 atom stereocenters. The molecule has 2 heterocycles. The largest absolute Gasteiger partial charge is 0.346 e. The van der Waals surface area contributed by atoms with E-state index < -0.39 is 0 Å². The van der Waals surface area contributed by atoms with Crippen LogP contribution in [0.5, 0.6) is 0 Å². The van der Waals surface area contributed by atoms with Crippen LogP contribution in [-0.2, 0) is 0 Å². The lowest BCUT2D eigenvalue weighted by Crippen LogP contribution is -1.76. The van der Waals surface area contributed by atoms with Gasteiger partial charge in [0.2, 0.25) is 0 Å². The molecule has 11 heavy (non-hydrogen) atoms. The van der Waals surface area contributed by atoms with Crippen molar-refractivity contribution in [2.45, 2.75) is 4.90 Å². The molecule has 1 N–H and O–H groups in total. The minimum absolute atomic E-state index is 0.961. The lowest BCUT2D eigenvalue weighted by molar-refractivity contribution is 1.27. The van der Waals surface area contributed by atoms with E-state index >= 15 is 0 Å². The molecule has 0 aliphatic carbocycles. The van der Waals surface area contributed by atoms with Crippen molar-refractivity contribution >= 4 is 22.8 Å². The van der Waals surface area contributed by atoms with Crippen LogP contribution in [0, 0.1) is 0 Å². The zero-order valence-electron chi connectivity index (χ0n) is 6.16. The SMILES string of the molecule is CSc1cnc2[nH]ccc2c1. The van der Waals surface area contributed by atoms with E-state index in [0.717, 1.165) is 5.65 Å². The Bertz CT molecular complexity index is 367. The summed E-state index contributed by atoms with van der Waals surface area (Å²) in [7, 11) is 0. The Morgan fingerprint density at radius 2 is 2.45 bits per heavy atom. The maximum atomic E-state index is 4.24. The van der Waals surface area contributed by atoms with Crippen LogP contribution in [-0.4, -0.2) is 16.2 Å². The fraction of sp³-hybridized carbons (Fsp3) is 0.125. The molecular formula is C8H8N2S. The van der Waals surface area contributed by atoms with Crippen molar-refractivity contribution < 1.29 is 0 Å². The summed E-state index contributed by atoms with van der Waals surface area (Å²) >= 11 is 1.71. The van der Waals surface area contributed by atoms with Crippen molar-refractivity contribution in [3.05, 3.63) is 24.5 Å². The zero-order valence-corrected chi connectivity index (χ0v) is 6.98. The van der Waals surface area contributed by atoms with Crippen LogP contribution in [0.15, 0.2) is 29.4 Å². The molecule has 0 aliphatic rings. The first-order valence-electron chi connectivity index (χ1n) is 3.37. The highest BCUT2D eigenvalue weighted by molar-refractivity contribution is 7.98. The third kappa shape index (κ3) is 1.12. The Morgan fingerprint density at radius 3 is 3.27 bits per heavy atom. The van der Waals surface area contributed by atoms with Crippen molar-refractivity contribution in [2.75, 3.05) is 6.26 Å². The Morgan fingerprint density at radius 1 is 1.55 bits per heavy atom. The fourth-order valence-corrected chi connectivity index (χ4v) is 1.43. The monoisotopic (exact) mass is 164 g/mol. The summed E-state index contributed by atoms with van der Waals surface area (Å²) in [6, 6.07) is 4.16. The maximum Gasteiger partial charge on any atom is 0.137 e. The van der Waals surface area contributed by atoms with Gasteiger partial charge in [0.25, 0.3) is 0 Å². The molecule has 2 aromatic heterocycles. The topological polar surface area (TPSA) is 28.7 Å². The average molecular weight is 164 g/mol. The van der Waals surface area contributed by atoms with Crippen LogP contribution in [0.2, 0.25) is 0 Å². The molecule has 2 aromatic rings. The van der Waals surface area contributed by atoms with Gasteiger partial charge in [-0.1, -0.05) is 0 Å². The van der Waals surface area contributed by atoms with E-state index in [1.54, 1.807) is 11.8 Å². The number of H-pyrrole nitrogens is 1. The quantitative estimate of drug-likeness (QED) is 0.655. The van der Waals surface area contributed by atoms with Gasteiger partial charge in [0.05, 0.1) is 0 Å². The van der Waals surface area contributed by atoms with Crippen molar-refractivity contribution in [2.24, 2.45) is 0 Å². The van der Waals surface area contributed by atoms with E-state index in [2.05, 4.69) is 22.3 Å². The van der Waals surface area contributed by atoms with Gasteiger partial charge in [-0.2, -0.15) is 0 Å². The van der Waals surface area contributed by atoms with E-state index in [4.69, 9.17) is 0 Å². The van der Waals surface area contributed by atoms with Crippen LogP contribution >= 0.6 is 11.8 Å². The smallest absolute Gasteiger partial charge is 0.137 e. The lowest BCUT2D eigenvalue weighted by atomic mass is 10.3. The van der Waals surface area contributed by atoms with E-state index in [-0.39, 0.29) is 0 Å². The van der Waals surface area contributed by atoms with Gasteiger partial charge < -0.3 is 4.98 Å². The van der Waals surface area contributed by atoms with Crippen LogP contribution in [0.4, 0.5) is 0 Å². The Balaban J connectivity index is 2.67. The zero-order chi connectivity index (χ0) is 7.68. The minimum atomic E-state index is 0.961. The molecule has 0 fully saturated rings.